The number of aromatic nitrogens is 2. The van der Waals surface area contributed by atoms with Crippen LogP contribution in [0.2, 0.25) is 0 Å². The van der Waals surface area contributed by atoms with Gasteiger partial charge in [0.1, 0.15) is 0 Å². The number of aryl methyl sites for hydroxylation is 2. The summed E-state index contributed by atoms with van der Waals surface area (Å²) in [5, 5.41) is 9.87. The number of carbonyl (C=O) groups excluding carboxylic acids is 1. The number of rotatable bonds is 4. The van der Waals surface area contributed by atoms with E-state index >= 15 is 0 Å². The molecule has 1 saturated heterocycles. The first kappa shape index (κ1) is 17.4. The Kier molecular flexibility index (Phi) is 5.65. The molecule has 1 aliphatic heterocycles. The molecule has 0 spiro atoms. The molecule has 0 aliphatic carbocycles. The summed E-state index contributed by atoms with van der Waals surface area (Å²) >= 11 is 0. The second kappa shape index (κ2) is 8.11. The topological polar surface area (TPSA) is 89.3 Å². The number of nitrogens with one attached hydrogen (secondary N) is 2. The van der Waals surface area contributed by atoms with Crippen molar-refractivity contribution < 1.29 is 14.1 Å². The van der Waals surface area contributed by atoms with Gasteiger partial charge in [-0.05, 0) is 43.9 Å². The zero-order valence-corrected chi connectivity index (χ0v) is 14.7. The summed E-state index contributed by atoms with van der Waals surface area (Å²) in [5.41, 5.74) is 2.49. The lowest BCUT2D eigenvalue weighted by Crippen LogP contribution is -2.38. The van der Waals surface area contributed by atoms with E-state index in [-0.39, 0.29) is 12.1 Å². The number of amides is 2. The van der Waals surface area contributed by atoms with Crippen molar-refractivity contribution >= 4 is 11.7 Å². The van der Waals surface area contributed by atoms with Gasteiger partial charge in [-0.15, -0.1) is 0 Å². The van der Waals surface area contributed by atoms with E-state index in [1.54, 1.807) is 0 Å². The summed E-state index contributed by atoms with van der Waals surface area (Å²) in [7, 11) is 0. The predicted molar refractivity (Wildman–Crippen MR) is 94.5 cm³/mol. The Morgan fingerprint density at radius 1 is 1.32 bits per heavy atom. The van der Waals surface area contributed by atoms with E-state index in [1.807, 2.05) is 32.0 Å². The number of benzene rings is 1. The van der Waals surface area contributed by atoms with Crippen LogP contribution in [-0.4, -0.2) is 35.4 Å². The Morgan fingerprint density at radius 3 is 3.00 bits per heavy atom. The zero-order valence-electron chi connectivity index (χ0n) is 14.7. The molecule has 0 bridgehead atoms. The summed E-state index contributed by atoms with van der Waals surface area (Å²) in [4.78, 5) is 16.7. The van der Waals surface area contributed by atoms with Gasteiger partial charge in [-0.1, -0.05) is 18.1 Å². The number of anilines is 1. The fourth-order valence-corrected chi connectivity index (χ4v) is 2.80. The maximum absolute atomic E-state index is 12.3. The third-order valence-corrected chi connectivity index (χ3v) is 4.30. The number of carbonyl (C=O) groups is 1. The Labute approximate surface area is 147 Å². The van der Waals surface area contributed by atoms with Crippen molar-refractivity contribution in [2.75, 3.05) is 18.5 Å². The highest BCUT2D eigenvalue weighted by Crippen LogP contribution is 2.24. The molecule has 0 radical (unpaired) electrons. The molecule has 2 amide bonds. The smallest absolute Gasteiger partial charge is 0.319 e. The fraction of sp³-hybridized carbons (Fsp3) is 0.500. The molecule has 1 atom stereocenters. The molecule has 2 N–H and O–H groups in total. The first-order valence-corrected chi connectivity index (χ1v) is 8.74. The Bertz CT molecular complexity index is 721. The highest BCUT2D eigenvalue weighted by molar-refractivity contribution is 5.91. The summed E-state index contributed by atoms with van der Waals surface area (Å²) in [6.07, 6.45) is 3.47. The molecule has 2 aromatic rings. The molecule has 7 nitrogen and oxygen atoms in total. The molecule has 2 heterocycles. The number of hydrogen-bond donors (Lipinski definition) is 2. The molecular weight excluding hydrogens is 320 g/mol. The van der Waals surface area contributed by atoms with Gasteiger partial charge in [0.25, 0.3) is 5.89 Å². The summed E-state index contributed by atoms with van der Waals surface area (Å²) in [5.74, 6) is 1.12. The third-order valence-electron chi connectivity index (χ3n) is 4.30. The van der Waals surface area contributed by atoms with Crippen LogP contribution in [-0.2, 0) is 11.2 Å². The first-order valence-electron chi connectivity index (χ1n) is 8.74. The van der Waals surface area contributed by atoms with E-state index in [2.05, 4.69) is 20.8 Å². The molecule has 1 unspecified atom stereocenters. The lowest BCUT2D eigenvalue weighted by molar-refractivity contribution is 0.143. The largest absolute Gasteiger partial charge is 0.381 e. The molecule has 134 valence electrons. The highest BCUT2D eigenvalue weighted by atomic mass is 16.5. The molecular formula is C18H24N4O3. The van der Waals surface area contributed by atoms with Gasteiger partial charge >= 0.3 is 6.03 Å². The number of hydrogen-bond acceptors (Lipinski definition) is 5. The average Bonchev–Trinajstić information content (AvgIpc) is 2.95. The van der Waals surface area contributed by atoms with Crippen molar-refractivity contribution in [2.24, 2.45) is 0 Å². The zero-order chi connectivity index (χ0) is 17.6. The van der Waals surface area contributed by atoms with E-state index < -0.39 is 0 Å². The second-order valence-electron chi connectivity index (χ2n) is 6.24. The van der Waals surface area contributed by atoms with Crippen molar-refractivity contribution in [1.29, 1.82) is 0 Å². The lowest BCUT2D eigenvalue weighted by Gasteiger charge is -2.17. The maximum Gasteiger partial charge on any atom is 0.319 e. The molecule has 7 heteroatoms. The van der Waals surface area contributed by atoms with Crippen LogP contribution in [0.1, 0.15) is 37.6 Å². The number of ether oxygens (including phenoxy) is 1. The minimum atomic E-state index is -0.202. The SMILES string of the molecule is CCc1noc(-c2ccc(C)c(NC(=O)NC3CCCOCC3)c2)n1. The molecule has 1 aromatic heterocycles. The van der Waals surface area contributed by atoms with Gasteiger partial charge in [0, 0.05) is 36.9 Å². The summed E-state index contributed by atoms with van der Waals surface area (Å²) in [6, 6.07) is 5.65. The van der Waals surface area contributed by atoms with Crippen molar-refractivity contribution in [1.82, 2.24) is 15.5 Å². The van der Waals surface area contributed by atoms with Crippen LogP contribution < -0.4 is 10.6 Å². The van der Waals surface area contributed by atoms with Gasteiger partial charge in [-0.2, -0.15) is 4.98 Å². The standard InChI is InChI=1S/C18H24N4O3/c1-3-16-21-17(25-22-16)13-7-6-12(2)15(11-13)20-18(23)19-14-5-4-9-24-10-8-14/h6-7,11,14H,3-5,8-10H2,1-2H3,(H2,19,20,23). The van der Waals surface area contributed by atoms with Crippen molar-refractivity contribution in [3.8, 4) is 11.5 Å². The van der Waals surface area contributed by atoms with Crippen molar-refractivity contribution in [3.63, 3.8) is 0 Å². The summed E-state index contributed by atoms with van der Waals surface area (Å²) < 4.78 is 10.7. The van der Waals surface area contributed by atoms with Crippen LogP contribution in [0.15, 0.2) is 22.7 Å². The third kappa shape index (κ3) is 4.57. The quantitative estimate of drug-likeness (QED) is 0.888. The molecule has 3 rings (SSSR count). The van der Waals surface area contributed by atoms with Crippen molar-refractivity contribution in [3.05, 3.63) is 29.6 Å². The van der Waals surface area contributed by atoms with Gasteiger partial charge < -0.3 is 19.9 Å². The Hall–Kier alpha value is -2.41. The highest BCUT2D eigenvalue weighted by Gasteiger charge is 2.16. The van der Waals surface area contributed by atoms with Crippen LogP contribution in [0.3, 0.4) is 0 Å². The molecule has 0 saturated carbocycles. The van der Waals surface area contributed by atoms with Crippen LogP contribution in [0.5, 0.6) is 0 Å². The fourth-order valence-electron chi connectivity index (χ4n) is 2.80. The predicted octanol–water partition coefficient (Wildman–Crippen LogP) is 3.30. The van der Waals surface area contributed by atoms with E-state index in [4.69, 9.17) is 9.26 Å². The van der Waals surface area contributed by atoms with E-state index in [0.717, 1.165) is 42.7 Å². The normalized spacial score (nSPS) is 17.8. The Balaban J connectivity index is 1.68. The van der Waals surface area contributed by atoms with Crippen LogP contribution in [0.25, 0.3) is 11.5 Å². The van der Waals surface area contributed by atoms with E-state index in [9.17, 15) is 4.79 Å². The van der Waals surface area contributed by atoms with Gasteiger partial charge in [0.2, 0.25) is 0 Å². The van der Waals surface area contributed by atoms with Crippen LogP contribution >= 0.6 is 0 Å². The molecule has 1 aromatic carbocycles. The van der Waals surface area contributed by atoms with Crippen molar-refractivity contribution in [2.45, 2.75) is 45.6 Å². The lowest BCUT2D eigenvalue weighted by atomic mass is 10.1. The average molecular weight is 344 g/mol. The summed E-state index contributed by atoms with van der Waals surface area (Å²) in [6.45, 7) is 5.38. The van der Waals surface area contributed by atoms with Gasteiger partial charge in [0.05, 0.1) is 0 Å². The van der Waals surface area contributed by atoms with Gasteiger partial charge in [0.15, 0.2) is 5.82 Å². The van der Waals surface area contributed by atoms with Crippen LogP contribution in [0, 0.1) is 6.92 Å². The van der Waals surface area contributed by atoms with E-state index in [0.29, 0.717) is 24.7 Å². The van der Waals surface area contributed by atoms with Gasteiger partial charge in [-0.25, -0.2) is 4.79 Å². The number of nitrogens with zero attached hydrogens (tertiary/aromatic N) is 2. The monoisotopic (exact) mass is 344 g/mol. The van der Waals surface area contributed by atoms with Crippen LogP contribution in [0.4, 0.5) is 10.5 Å². The Morgan fingerprint density at radius 2 is 2.20 bits per heavy atom. The maximum atomic E-state index is 12.3. The molecule has 25 heavy (non-hydrogen) atoms. The minimum Gasteiger partial charge on any atom is -0.381 e. The first-order chi connectivity index (χ1) is 12.2. The van der Waals surface area contributed by atoms with E-state index in [1.165, 1.54) is 0 Å². The molecule has 1 fully saturated rings. The molecule has 1 aliphatic rings. The second-order valence-corrected chi connectivity index (χ2v) is 6.24. The number of urea groups is 1. The van der Waals surface area contributed by atoms with Gasteiger partial charge in [-0.3, -0.25) is 0 Å². The minimum absolute atomic E-state index is 0.147.